The molecule has 25 heavy (non-hydrogen) atoms. The molecule has 0 aliphatic heterocycles. The molecule has 0 saturated heterocycles. The molecule has 0 amide bonds. The van der Waals surface area contributed by atoms with Crippen molar-refractivity contribution >= 4 is 0 Å². The van der Waals surface area contributed by atoms with Gasteiger partial charge in [-0.15, -0.1) is 0 Å². The molecule has 0 heterocycles. The summed E-state index contributed by atoms with van der Waals surface area (Å²) in [7, 11) is 0. The Bertz CT molecular complexity index is 766. The average molecular weight is 328 g/mol. The fraction of sp³-hybridized carbons (Fsp3) is 0.360. The summed E-state index contributed by atoms with van der Waals surface area (Å²) in [6.07, 6.45) is 8.36. The first-order valence-electron chi connectivity index (χ1n) is 9.62. The maximum absolute atomic E-state index is 2.43. The summed E-state index contributed by atoms with van der Waals surface area (Å²) in [6, 6.07) is 22.4. The Hall–Kier alpha value is -2.08. The lowest BCUT2D eigenvalue weighted by molar-refractivity contribution is 0.379. The van der Waals surface area contributed by atoms with Gasteiger partial charge in [-0.25, -0.2) is 0 Å². The molecular formula is C25H28. The van der Waals surface area contributed by atoms with Gasteiger partial charge in [0.25, 0.3) is 0 Å². The number of hydrogen-bond donors (Lipinski definition) is 0. The molecule has 0 fully saturated rings. The van der Waals surface area contributed by atoms with Gasteiger partial charge in [0.05, 0.1) is 0 Å². The lowest BCUT2D eigenvalue weighted by Gasteiger charge is -2.39. The maximum atomic E-state index is 2.43. The van der Waals surface area contributed by atoms with Crippen LogP contribution in [0.1, 0.15) is 51.2 Å². The molecule has 0 radical (unpaired) electrons. The molecule has 0 saturated carbocycles. The number of allylic oxidation sites excluding steroid dienone is 4. The molecule has 0 bridgehead atoms. The summed E-state index contributed by atoms with van der Waals surface area (Å²) in [4.78, 5) is 0. The second kappa shape index (κ2) is 6.02. The van der Waals surface area contributed by atoms with Gasteiger partial charge in [-0.1, -0.05) is 93.6 Å². The van der Waals surface area contributed by atoms with Gasteiger partial charge in [0.1, 0.15) is 0 Å². The summed E-state index contributed by atoms with van der Waals surface area (Å²) in [5.41, 5.74) is 6.37. The van der Waals surface area contributed by atoms with Gasteiger partial charge in [-0.3, -0.25) is 0 Å². The zero-order valence-corrected chi connectivity index (χ0v) is 15.6. The quantitative estimate of drug-likeness (QED) is 0.589. The monoisotopic (exact) mass is 328 g/mol. The van der Waals surface area contributed by atoms with Crippen LogP contribution in [0.5, 0.6) is 0 Å². The van der Waals surface area contributed by atoms with Crippen LogP contribution in [0.4, 0.5) is 0 Å². The Morgan fingerprint density at radius 1 is 0.880 bits per heavy atom. The van der Waals surface area contributed by atoms with E-state index in [9.17, 15) is 0 Å². The molecule has 0 nitrogen and oxygen atoms in total. The highest BCUT2D eigenvalue weighted by atomic mass is 14.6. The Morgan fingerprint density at radius 3 is 1.96 bits per heavy atom. The SMILES string of the molecule is CCC1CC=CC2=C1C(c1ccccc1)(c1ccccc1)CC2(C)C. The van der Waals surface area contributed by atoms with Crippen molar-refractivity contribution in [1.82, 2.24) is 0 Å². The van der Waals surface area contributed by atoms with Crippen molar-refractivity contribution in [2.45, 2.75) is 45.4 Å². The Balaban J connectivity index is 2.05. The smallest absolute Gasteiger partial charge is 0.0428 e. The molecule has 128 valence electrons. The molecule has 1 atom stereocenters. The molecule has 2 aromatic rings. The van der Waals surface area contributed by atoms with Crippen molar-refractivity contribution in [2.24, 2.45) is 11.3 Å². The summed E-state index contributed by atoms with van der Waals surface area (Å²) in [5.74, 6) is 0.641. The van der Waals surface area contributed by atoms with Gasteiger partial charge in [0.2, 0.25) is 0 Å². The number of hydrogen-bond acceptors (Lipinski definition) is 0. The summed E-state index contributed by atoms with van der Waals surface area (Å²) < 4.78 is 0. The van der Waals surface area contributed by atoms with Crippen LogP contribution in [0.25, 0.3) is 0 Å². The van der Waals surface area contributed by atoms with Crippen molar-refractivity contribution in [1.29, 1.82) is 0 Å². The molecular weight excluding hydrogens is 300 g/mol. The number of rotatable bonds is 3. The first-order chi connectivity index (χ1) is 12.1. The van der Waals surface area contributed by atoms with E-state index in [1.165, 1.54) is 24.0 Å². The molecule has 2 aromatic carbocycles. The Labute approximate surface area is 152 Å². The van der Waals surface area contributed by atoms with Crippen molar-refractivity contribution < 1.29 is 0 Å². The Morgan fingerprint density at radius 2 is 1.44 bits per heavy atom. The van der Waals surface area contributed by atoms with E-state index < -0.39 is 0 Å². The first kappa shape index (κ1) is 16.4. The van der Waals surface area contributed by atoms with Crippen LogP contribution in [0.2, 0.25) is 0 Å². The normalized spacial score (nSPS) is 23.6. The van der Waals surface area contributed by atoms with E-state index >= 15 is 0 Å². The third-order valence-corrected chi connectivity index (χ3v) is 6.33. The van der Waals surface area contributed by atoms with Crippen LogP contribution in [0.15, 0.2) is 84.0 Å². The zero-order valence-electron chi connectivity index (χ0n) is 15.6. The van der Waals surface area contributed by atoms with Gasteiger partial charge in [-0.2, -0.15) is 0 Å². The van der Waals surface area contributed by atoms with Crippen LogP contribution in [0, 0.1) is 11.3 Å². The van der Waals surface area contributed by atoms with E-state index in [1.54, 1.807) is 11.1 Å². The number of benzene rings is 2. The minimum Gasteiger partial charge on any atom is -0.0836 e. The summed E-state index contributed by atoms with van der Waals surface area (Å²) in [5, 5.41) is 0. The van der Waals surface area contributed by atoms with Crippen molar-refractivity contribution in [3.05, 3.63) is 95.1 Å². The third-order valence-electron chi connectivity index (χ3n) is 6.33. The van der Waals surface area contributed by atoms with Gasteiger partial charge >= 0.3 is 0 Å². The minimum absolute atomic E-state index is 0.00674. The van der Waals surface area contributed by atoms with Crippen molar-refractivity contribution in [3.63, 3.8) is 0 Å². The zero-order chi connectivity index (χ0) is 17.5. The minimum atomic E-state index is 0.00674. The maximum Gasteiger partial charge on any atom is 0.0428 e. The van der Waals surface area contributed by atoms with Gasteiger partial charge in [0, 0.05) is 5.41 Å². The molecule has 2 aliphatic carbocycles. The average Bonchev–Trinajstić information content (AvgIpc) is 2.92. The van der Waals surface area contributed by atoms with Gasteiger partial charge in [0.15, 0.2) is 0 Å². The first-order valence-corrected chi connectivity index (χ1v) is 9.62. The topological polar surface area (TPSA) is 0 Å². The highest BCUT2D eigenvalue weighted by Crippen LogP contribution is 2.61. The lowest BCUT2D eigenvalue weighted by Crippen LogP contribution is -2.32. The summed E-state index contributed by atoms with van der Waals surface area (Å²) >= 11 is 0. The van der Waals surface area contributed by atoms with E-state index in [-0.39, 0.29) is 10.8 Å². The fourth-order valence-corrected chi connectivity index (χ4v) is 5.30. The van der Waals surface area contributed by atoms with Crippen LogP contribution < -0.4 is 0 Å². The molecule has 4 rings (SSSR count). The standard InChI is InChI=1S/C25H28/c1-4-19-12-11-17-22-23(19)25(18-24(22,2)3,20-13-7-5-8-14-20)21-15-9-6-10-16-21/h5-11,13-17,19H,4,12,18H2,1-3H3. The molecule has 2 aliphatic rings. The van der Waals surface area contributed by atoms with Crippen molar-refractivity contribution in [3.8, 4) is 0 Å². The van der Waals surface area contributed by atoms with Crippen LogP contribution in [0.3, 0.4) is 0 Å². The van der Waals surface area contributed by atoms with E-state index in [0.29, 0.717) is 5.92 Å². The van der Waals surface area contributed by atoms with E-state index in [1.807, 2.05) is 0 Å². The van der Waals surface area contributed by atoms with Crippen LogP contribution >= 0.6 is 0 Å². The van der Waals surface area contributed by atoms with Crippen molar-refractivity contribution in [2.75, 3.05) is 0 Å². The largest absolute Gasteiger partial charge is 0.0836 e. The van der Waals surface area contributed by atoms with E-state index in [0.717, 1.165) is 6.42 Å². The van der Waals surface area contributed by atoms with Gasteiger partial charge in [-0.05, 0) is 52.9 Å². The van der Waals surface area contributed by atoms with E-state index in [2.05, 4.69) is 93.6 Å². The second-order valence-electron chi connectivity index (χ2n) is 8.27. The fourth-order valence-electron chi connectivity index (χ4n) is 5.30. The summed E-state index contributed by atoms with van der Waals surface area (Å²) in [6.45, 7) is 7.21. The van der Waals surface area contributed by atoms with E-state index in [4.69, 9.17) is 0 Å². The predicted octanol–water partition coefficient (Wildman–Crippen LogP) is 6.69. The van der Waals surface area contributed by atoms with Crippen LogP contribution in [-0.4, -0.2) is 0 Å². The molecule has 0 spiro atoms. The third kappa shape index (κ3) is 2.42. The van der Waals surface area contributed by atoms with Crippen LogP contribution in [-0.2, 0) is 5.41 Å². The second-order valence-corrected chi connectivity index (χ2v) is 8.27. The molecule has 0 heteroatoms. The highest BCUT2D eigenvalue weighted by molar-refractivity contribution is 5.59. The predicted molar refractivity (Wildman–Crippen MR) is 107 cm³/mol. The Kier molecular flexibility index (Phi) is 3.95. The molecule has 0 N–H and O–H groups in total. The lowest BCUT2D eigenvalue weighted by atomic mass is 9.64. The molecule has 1 unspecified atom stereocenters. The highest BCUT2D eigenvalue weighted by Gasteiger charge is 2.52. The molecule has 0 aromatic heterocycles. The van der Waals surface area contributed by atoms with Gasteiger partial charge < -0.3 is 0 Å².